The van der Waals surface area contributed by atoms with Crippen molar-refractivity contribution in [3.8, 4) is 0 Å². The normalized spacial score (nSPS) is 12.0. The second-order valence-electron chi connectivity index (χ2n) is 8.40. The average molecular weight is 403 g/mol. The molecule has 0 aliphatic carbocycles. The van der Waals surface area contributed by atoms with Crippen LogP contribution < -0.4 is 0 Å². The van der Waals surface area contributed by atoms with Crippen molar-refractivity contribution < 1.29 is 9.09 Å². The maximum Gasteiger partial charge on any atom is 0.203 e. The van der Waals surface area contributed by atoms with Crippen molar-refractivity contribution in [1.82, 2.24) is 0 Å². The third-order valence-corrected chi connectivity index (χ3v) is 8.18. The van der Waals surface area contributed by atoms with E-state index in [4.69, 9.17) is 4.52 Å². The first-order chi connectivity index (χ1) is 13.2. The van der Waals surface area contributed by atoms with Gasteiger partial charge in [0.1, 0.15) is 0 Å². The summed E-state index contributed by atoms with van der Waals surface area (Å²) >= 11 is 0. The molecule has 0 aliphatic heterocycles. The first-order valence-electron chi connectivity index (χ1n) is 12.4. The zero-order valence-corrected chi connectivity index (χ0v) is 20.0. The fraction of sp³-hybridized carbons (Fsp3) is 1.00. The molecule has 0 saturated heterocycles. The average Bonchev–Trinajstić information content (AvgIpc) is 2.67. The summed E-state index contributed by atoms with van der Waals surface area (Å²) in [5, 5.41) is 0. The first-order valence-corrected chi connectivity index (χ1v) is 14.4. The van der Waals surface area contributed by atoms with Crippen LogP contribution in [0.3, 0.4) is 0 Å². The number of unbranched alkanes of at least 4 members (excludes halogenated alkanes) is 15. The largest absolute Gasteiger partial charge is 0.328 e. The van der Waals surface area contributed by atoms with Gasteiger partial charge >= 0.3 is 0 Å². The molecule has 0 bridgehead atoms. The lowest BCUT2D eigenvalue weighted by Crippen LogP contribution is -2.03. The van der Waals surface area contributed by atoms with Gasteiger partial charge in [0.15, 0.2) is 0 Å². The summed E-state index contributed by atoms with van der Waals surface area (Å²) in [6, 6.07) is 0. The van der Waals surface area contributed by atoms with Crippen LogP contribution in [0.25, 0.3) is 0 Å². The maximum absolute atomic E-state index is 13.3. The molecule has 27 heavy (non-hydrogen) atoms. The molecule has 0 amide bonds. The van der Waals surface area contributed by atoms with Gasteiger partial charge in [-0.3, -0.25) is 4.57 Å². The van der Waals surface area contributed by atoms with Crippen LogP contribution in [0.1, 0.15) is 136 Å². The predicted molar refractivity (Wildman–Crippen MR) is 123 cm³/mol. The van der Waals surface area contributed by atoms with E-state index >= 15 is 0 Å². The molecule has 0 aromatic rings. The molecule has 2 nitrogen and oxygen atoms in total. The van der Waals surface area contributed by atoms with E-state index in [1.54, 1.807) is 0 Å². The summed E-state index contributed by atoms with van der Waals surface area (Å²) < 4.78 is 19.4. The lowest BCUT2D eigenvalue weighted by atomic mass is 10.1. The van der Waals surface area contributed by atoms with Crippen LogP contribution in [0.4, 0.5) is 0 Å². The fourth-order valence-corrected chi connectivity index (χ4v) is 5.97. The third kappa shape index (κ3) is 19.3. The van der Waals surface area contributed by atoms with Gasteiger partial charge in [0.25, 0.3) is 0 Å². The topological polar surface area (TPSA) is 26.3 Å². The molecule has 0 unspecified atom stereocenters. The summed E-state index contributed by atoms with van der Waals surface area (Å²) in [5.41, 5.74) is 0. The lowest BCUT2D eigenvalue weighted by molar-refractivity contribution is 0.299. The SMILES string of the molecule is CCCCCCCCOP(=O)(CCCCCCCC)CCCCCCCC. The van der Waals surface area contributed by atoms with Gasteiger partial charge in [0.2, 0.25) is 7.37 Å². The molecule has 0 heterocycles. The first kappa shape index (κ1) is 27.2. The molecular formula is C24H51O2P. The summed E-state index contributed by atoms with van der Waals surface area (Å²) in [6.45, 7) is 7.48. The van der Waals surface area contributed by atoms with Gasteiger partial charge in [0, 0.05) is 12.3 Å². The van der Waals surface area contributed by atoms with Crippen LogP contribution in [0.2, 0.25) is 0 Å². The molecule has 0 spiro atoms. The fourth-order valence-electron chi connectivity index (χ4n) is 3.62. The zero-order valence-electron chi connectivity index (χ0n) is 19.1. The Morgan fingerprint density at radius 2 is 0.815 bits per heavy atom. The minimum atomic E-state index is -2.39. The summed E-state index contributed by atoms with van der Waals surface area (Å²) in [5.74, 6) is 0. The Hall–Kier alpha value is 0.190. The summed E-state index contributed by atoms with van der Waals surface area (Å²) in [6.07, 6.45) is 24.4. The molecule has 0 aliphatic rings. The quantitative estimate of drug-likeness (QED) is 0.133. The van der Waals surface area contributed by atoms with Gasteiger partial charge in [-0.25, -0.2) is 0 Å². The molecule has 0 N–H and O–H groups in total. The third-order valence-electron chi connectivity index (χ3n) is 5.53. The maximum atomic E-state index is 13.3. The molecule has 3 heteroatoms. The Morgan fingerprint density at radius 1 is 0.481 bits per heavy atom. The van der Waals surface area contributed by atoms with Crippen molar-refractivity contribution in [3.63, 3.8) is 0 Å². The second kappa shape index (κ2) is 20.9. The highest BCUT2D eigenvalue weighted by molar-refractivity contribution is 7.58. The van der Waals surface area contributed by atoms with Gasteiger partial charge in [-0.1, -0.05) is 117 Å². The molecular weight excluding hydrogens is 351 g/mol. The molecule has 0 saturated carbocycles. The Morgan fingerprint density at radius 3 is 1.22 bits per heavy atom. The van der Waals surface area contributed by atoms with E-state index in [9.17, 15) is 4.57 Å². The summed E-state index contributed by atoms with van der Waals surface area (Å²) in [4.78, 5) is 0. The van der Waals surface area contributed by atoms with E-state index in [0.29, 0.717) is 0 Å². The predicted octanol–water partition coefficient (Wildman–Crippen LogP) is 9.36. The number of hydrogen-bond donors (Lipinski definition) is 0. The van der Waals surface area contributed by atoms with E-state index in [0.717, 1.165) is 38.2 Å². The lowest BCUT2D eigenvalue weighted by Gasteiger charge is -2.19. The second-order valence-corrected chi connectivity index (χ2v) is 11.2. The highest BCUT2D eigenvalue weighted by Crippen LogP contribution is 2.49. The van der Waals surface area contributed by atoms with Crippen LogP contribution in [0, 0.1) is 0 Å². The number of hydrogen-bond acceptors (Lipinski definition) is 2. The van der Waals surface area contributed by atoms with E-state index in [-0.39, 0.29) is 0 Å². The van der Waals surface area contributed by atoms with Crippen LogP contribution in [0.5, 0.6) is 0 Å². The van der Waals surface area contributed by atoms with Crippen molar-refractivity contribution in [2.24, 2.45) is 0 Å². The van der Waals surface area contributed by atoms with Crippen molar-refractivity contribution in [2.45, 2.75) is 136 Å². The molecule has 0 radical (unpaired) electrons. The molecule has 0 atom stereocenters. The van der Waals surface area contributed by atoms with Crippen molar-refractivity contribution in [2.75, 3.05) is 18.9 Å². The van der Waals surface area contributed by atoms with E-state index < -0.39 is 7.37 Å². The summed E-state index contributed by atoms with van der Waals surface area (Å²) in [7, 11) is -2.39. The van der Waals surface area contributed by atoms with Crippen LogP contribution in [-0.2, 0) is 9.09 Å². The van der Waals surface area contributed by atoms with E-state index in [1.165, 1.54) is 96.3 Å². The van der Waals surface area contributed by atoms with Gasteiger partial charge in [-0.05, 0) is 19.3 Å². The molecule has 164 valence electrons. The van der Waals surface area contributed by atoms with Gasteiger partial charge in [0.05, 0.1) is 6.61 Å². The van der Waals surface area contributed by atoms with Crippen LogP contribution in [-0.4, -0.2) is 18.9 Å². The smallest absolute Gasteiger partial charge is 0.203 e. The monoisotopic (exact) mass is 402 g/mol. The Labute approximate surface area is 172 Å². The van der Waals surface area contributed by atoms with Crippen molar-refractivity contribution >= 4 is 7.37 Å². The zero-order chi connectivity index (χ0) is 20.1. The van der Waals surface area contributed by atoms with Gasteiger partial charge in [-0.2, -0.15) is 0 Å². The van der Waals surface area contributed by atoms with Gasteiger partial charge < -0.3 is 4.52 Å². The number of rotatable bonds is 22. The van der Waals surface area contributed by atoms with E-state index in [1.807, 2.05) is 0 Å². The van der Waals surface area contributed by atoms with Crippen molar-refractivity contribution in [1.29, 1.82) is 0 Å². The van der Waals surface area contributed by atoms with Crippen molar-refractivity contribution in [3.05, 3.63) is 0 Å². The molecule has 0 fully saturated rings. The molecule has 0 rings (SSSR count). The standard InChI is InChI=1S/C24H51O2P/c1-4-7-10-13-16-19-22-26-27(25,23-20-17-14-11-8-5-2)24-21-18-15-12-9-6-3/h4-24H2,1-3H3. The minimum Gasteiger partial charge on any atom is -0.328 e. The Balaban J connectivity index is 4.04. The van der Waals surface area contributed by atoms with Crippen LogP contribution >= 0.6 is 7.37 Å². The van der Waals surface area contributed by atoms with Crippen LogP contribution in [0.15, 0.2) is 0 Å². The highest BCUT2D eigenvalue weighted by atomic mass is 31.2. The van der Waals surface area contributed by atoms with E-state index in [2.05, 4.69) is 20.8 Å². The minimum absolute atomic E-state index is 0.717. The highest BCUT2D eigenvalue weighted by Gasteiger charge is 2.21. The Kier molecular flexibility index (Phi) is 21.1. The van der Waals surface area contributed by atoms with Gasteiger partial charge in [-0.15, -0.1) is 0 Å². The molecule has 0 aromatic carbocycles. The molecule has 0 aromatic heterocycles. The Bertz CT molecular complexity index is 310.